The van der Waals surface area contributed by atoms with E-state index in [4.69, 9.17) is 4.74 Å². The monoisotopic (exact) mass is 196 g/mol. The third-order valence-corrected chi connectivity index (χ3v) is 3.41. The van der Waals surface area contributed by atoms with Crippen LogP contribution in [0.2, 0.25) is 0 Å². The van der Waals surface area contributed by atoms with E-state index in [9.17, 15) is 9.90 Å². The lowest BCUT2D eigenvalue weighted by Gasteiger charge is -2.31. The summed E-state index contributed by atoms with van der Waals surface area (Å²) in [5, 5.41) is 9.58. The molecule has 0 saturated carbocycles. The molecular formula is C11H16O3. The summed E-state index contributed by atoms with van der Waals surface area (Å²) in [4.78, 5) is 11.4. The van der Waals surface area contributed by atoms with Gasteiger partial charge in [-0.15, -0.1) is 0 Å². The fraction of sp³-hybridized carbons (Fsp3) is 0.727. The number of esters is 1. The van der Waals surface area contributed by atoms with Gasteiger partial charge in [0.2, 0.25) is 0 Å². The van der Waals surface area contributed by atoms with Crippen molar-refractivity contribution in [2.75, 3.05) is 6.61 Å². The van der Waals surface area contributed by atoms with E-state index in [2.05, 4.69) is 0 Å². The number of aliphatic hydroxyl groups excluding tert-OH is 1. The normalized spacial score (nSPS) is 43.2. The molecule has 1 aliphatic heterocycles. The molecule has 1 aliphatic carbocycles. The highest BCUT2D eigenvalue weighted by Gasteiger charge is 2.46. The number of cyclic esters (lactones) is 1. The van der Waals surface area contributed by atoms with Crippen molar-refractivity contribution < 1.29 is 14.6 Å². The molecule has 3 heteroatoms. The lowest BCUT2D eigenvalue weighted by molar-refractivity contribution is -0.142. The Kier molecular flexibility index (Phi) is 2.35. The Morgan fingerprint density at radius 3 is 2.93 bits per heavy atom. The highest BCUT2D eigenvalue weighted by atomic mass is 16.5. The van der Waals surface area contributed by atoms with E-state index in [1.165, 1.54) is 0 Å². The molecule has 1 fully saturated rings. The third kappa shape index (κ3) is 1.36. The van der Waals surface area contributed by atoms with Crippen LogP contribution < -0.4 is 0 Å². The summed E-state index contributed by atoms with van der Waals surface area (Å²) in [5.41, 5.74) is 0. The van der Waals surface area contributed by atoms with Gasteiger partial charge in [0.15, 0.2) is 0 Å². The quantitative estimate of drug-likeness (QED) is 0.502. The maximum absolute atomic E-state index is 11.4. The van der Waals surface area contributed by atoms with Gasteiger partial charge in [-0.05, 0) is 12.8 Å². The number of fused-ring (bicyclic) bond motifs is 1. The summed E-state index contributed by atoms with van der Waals surface area (Å²) in [5.74, 6) is 0.340. The van der Waals surface area contributed by atoms with Gasteiger partial charge in [0, 0.05) is 11.8 Å². The van der Waals surface area contributed by atoms with Crippen molar-refractivity contribution in [3.63, 3.8) is 0 Å². The lowest BCUT2D eigenvalue weighted by atomic mass is 9.71. The highest BCUT2D eigenvalue weighted by molar-refractivity contribution is 5.75. The van der Waals surface area contributed by atoms with E-state index in [-0.39, 0.29) is 29.6 Å². The van der Waals surface area contributed by atoms with Gasteiger partial charge in [-0.25, -0.2) is 0 Å². The predicted molar refractivity (Wildman–Crippen MR) is 51.4 cm³/mol. The number of aliphatic hydroxyl groups is 1. The number of carbonyl (C=O) groups excluding carboxylic acids is 1. The summed E-state index contributed by atoms with van der Waals surface area (Å²) >= 11 is 0. The number of ether oxygens (including phenoxy) is 1. The zero-order valence-electron chi connectivity index (χ0n) is 8.51. The molecule has 1 N–H and O–H groups in total. The maximum atomic E-state index is 11.4. The van der Waals surface area contributed by atoms with Crippen molar-refractivity contribution in [2.45, 2.75) is 20.0 Å². The average molecular weight is 196 g/mol. The summed E-state index contributed by atoms with van der Waals surface area (Å²) in [7, 11) is 0. The van der Waals surface area contributed by atoms with Crippen molar-refractivity contribution in [1.29, 1.82) is 0 Å². The summed E-state index contributed by atoms with van der Waals surface area (Å²) < 4.78 is 5.06. The molecular weight excluding hydrogens is 180 g/mol. The minimum absolute atomic E-state index is 0.0420. The molecule has 0 bridgehead atoms. The van der Waals surface area contributed by atoms with E-state index in [1.54, 1.807) is 6.92 Å². The van der Waals surface area contributed by atoms with Crippen LogP contribution in [0.15, 0.2) is 12.2 Å². The maximum Gasteiger partial charge on any atom is 0.309 e. The van der Waals surface area contributed by atoms with Gasteiger partial charge in [-0.3, -0.25) is 4.79 Å². The smallest absolute Gasteiger partial charge is 0.309 e. The van der Waals surface area contributed by atoms with Crippen LogP contribution in [0.1, 0.15) is 13.8 Å². The molecule has 0 unspecified atom stereocenters. The van der Waals surface area contributed by atoms with E-state index >= 15 is 0 Å². The second-order valence-electron chi connectivity index (χ2n) is 4.38. The first kappa shape index (κ1) is 9.71. The Hall–Kier alpha value is -0.830. The van der Waals surface area contributed by atoms with Gasteiger partial charge in [0.1, 0.15) is 0 Å². The Balaban J connectivity index is 2.26. The molecule has 1 saturated heterocycles. The first-order valence-electron chi connectivity index (χ1n) is 5.14. The summed E-state index contributed by atoms with van der Waals surface area (Å²) in [6.45, 7) is 4.26. The first-order valence-corrected chi connectivity index (χ1v) is 5.14. The molecule has 2 aliphatic rings. The SMILES string of the molecule is C[C@H](O)[C@H]1C=C[C@@H](C)[C@@H]2C(=O)OC[C@@H]12. The molecule has 14 heavy (non-hydrogen) atoms. The van der Waals surface area contributed by atoms with Crippen LogP contribution in [0.3, 0.4) is 0 Å². The number of hydrogen-bond donors (Lipinski definition) is 1. The van der Waals surface area contributed by atoms with Crippen LogP contribution in [-0.4, -0.2) is 23.8 Å². The molecule has 3 nitrogen and oxygen atoms in total. The van der Waals surface area contributed by atoms with Crippen molar-refractivity contribution in [1.82, 2.24) is 0 Å². The van der Waals surface area contributed by atoms with Crippen molar-refractivity contribution in [2.24, 2.45) is 23.7 Å². The molecule has 0 spiro atoms. The van der Waals surface area contributed by atoms with E-state index in [1.807, 2.05) is 19.1 Å². The highest BCUT2D eigenvalue weighted by Crippen LogP contribution is 2.40. The topological polar surface area (TPSA) is 46.5 Å². The van der Waals surface area contributed by atoms with Gasteiger partial charge < -0.3 is 9.84 Å². The van der Waals surface area contributed by atoms with Crippen LogP contribution in [0.5, 0.6) is 0 Å². The zero-order valence-corrected chi connectivity index (χ0v) is 8.51. The minimum Gasteiger partial charge on any atom is -0.465 e. The third-order valence-electron chi connectivity index (χ3n) is 3.41. The van der Waals surface area contributed by atoms with Gasteiger partial charge in [0.05, 0.1) is 18.6 Å². The molecule has 2 rings (SSSR count). The van der Waals surface area contributed by atoms with E-state index < -0.39 is 6.10 Å². The summed E-state index contributed by atoms with van der Waals surface area (Å²) in [6, 6.07) is 0. The second-order valence-corrected chi connectivity index (χ2v) is 4.38. The van der Waals surface area contributed by atoms with Crippen molar-refractivity contribution in [3.8, 4) is 0 Å². The number of rotatable bonds is 1. The van der Waals surface area contributed by atoms with Crippen LogP contribution in [-0.2, 0) is 9.53 Å². The Labute approximate surface area is 83.8 Å². The van der Waals surface area contributed by atoms with Gasteiger partial charge in [-0.1, -0.05) is 19.1 Å². The molecule has 5 atom stereocenters. The number of carbonyl (C=O) groups is 1. The molecule has 0 aromatic heterocycles. The van der Waals surface area contributed by atoms with Crippen LogP contribution in [0.25, 0.3) is 0 Å². The number of hydrogen-bond acceptors (Lipinski definition) is 3. The molecule has 0 radical (unpaired) electrons. The van der Waals surface area contributed by atoms with Gasteiger partial charge >= 0.3 is 5.97 Å². The molecule has 1 heterocycles. The standard InChI is InChI=1S/C11H16O3/c1-6-3-4-8(7(2)12)9-5-14-11(13)10(6)9/h3-4,6-10,12H,5H2,1-2H3/t6-,7+,8-,9+,10+/m1/s1. The fourth-order valence-electron chi connectivity index (χ4n) is 2.59. The molecule has 0 aromatic rings. The fourth-order valence-corrected chi connectivity index (χ4v) is 2.59. The van der Waals surface area contributed by atoms with Gasteiger partial charge in [-0.2, -0.15) is 0 Å². The minimum atomic E-state index is -0.402. The van der Waals surface area contributed by atoms with E-state index in [0.29, 0.717) is 6.61 Å². The Morgan fingerprint density at radius 1 is 1.57 bits per heavy atom. The van der Waals surface area contributed by atoms with Crippen LogP contribution in [0.4, 0.5) is 0 Å². The molecule has 78 valence electrons. The zero-order chi connectivity index (χ0) is 10.3. The first-order chi connectivity index (χ1) is 6.61. The van der Waals surface area contributed by atoms with E-state index in [0.717, 1.165) is 0 Å². The predicted octanol–water partition coefficient (Wildman–Crippen LogP) is 0.978. The average Bonchev–Trinajstić information content (AvgIpc) is 2.49. The Bertz CT molecular complexity index is 270. The second kappa shape index (κ2) is 3.39. The number of allylic oxidation sites excluding steroid dienone is 1. The largest absolute Gasteiger partial charge is 0.465 e. The summed E-state index contributed by atoms with van der Waals surface area (Å²) in [6.07, 6.45) is 3.64. The van der Waals surface area contributed by atoms with Crippen molar-refractivity contribution in [3.05, 3.63) is 12.2 Å². The molecule has 0 aromatic carbocycles. The lowest BCUT2D eigenvalue weighted by Crippen LogP contribution is -2.35. The van der Waals surface area contributed by atoms with Crippen molar-refractivity contribution >= 4 is 5.97 Å². The Morgan fingerprint density at radius 2 is 2.29 bits per heavy atom. The van der Waals surface area contributed by atoms with Crippen LogP contribution >= 0.6 is 0 Å². The van der Waals surface area contributed by atoms with Gasteiger partial charge in [0.25, 0.3) is 0 Å². The van der Waals surface area contributed by atoms with Crippen LogP contribution in [0, 0.1) is 23.7 Å². The molecule has 0 amide bonds.